The number of nitrogens with two attached hydrogens (primary N) is 1. The Balaban J connectivity index is 1.35. The number of amides is 1. The minimum absolute atomic E-state index is 0.0174. The molecule has 0 spiro atoms. The van der Waals surface area contributed by atoms with Gasteiger partial charge >= 0.3 is 0 Å². The molecule has 7 nitrogen and oxygen atoms in total. The second-order valence-corrected chi connectivity index (χ2v) is 10.3. The molecule has 1 amide bonds. The van der Waals surface area contributed by atoms with E-state index >= 15 is 8.78 Å². The monoisotopic (exact) mass is 522 g/mol. The number of hydrogen-bond donors (Lipinski definition) is 2. The Labute approximate surface area is 220 Å². The number of carbonyl (C=O) groups is 1. The molecule has 2 aliphatic rings. The van der Waals surface area contributed by atoms with E-state index in [4.69, 9.17) is 15.2 Å². The molecule has 0 bridgehead atoms. The van der Waals surface area contributed by atoms with E-state index in [1.54, 1.807) is 18.5 Å². The second kappa shape index (κ2) is 11.5. The number of nitrogens with one attached hydrogen (secondary N) is 1. The van der Waals surface area contributed by atoms with Crippen molar-refractivity contribution in [2.24, 2.45) is 11.7 Å². The molecule has 200 valence electrons. The summed E-state index contributed by atoms with van der Waals surface area (Å²) in [6.07, 6.45) is 7.27. The summed E-state index contributed by atoms with van der Waals surface area (Å²) in [7, 11) is 0. The van der Waals surface area contributed by atoms with E-state index in [0.717, 1.165) is 37.0 Å². The first-order valence-electron chi connectivity index (χ1n) is 13.1. The zero-order valence-corrected chi connectivity index (χ0v) is 21.3. The average Bonchev–Trinajstić information content (AvgIpc) is 2.89. The number of halogens is 2. The van der Waals surface area contributed by atoms with Gasteiger partial charge in [-0.15, -0.1) is 0 Å². The molecular weight excluding hydrogens is 490 g/mol. The second-order valence-electron chi connectivity index (χ2n) is 10.3. The third-order valence-corrected chi connectivity index (χ3v) is 7.25. The number of hydrogen-bond acceptors (Lipinski definition) is 6. The van der Waals surface area contributed by atoms with E-state index in [1.807, 2.05) is 6.07 Å². The smallest absolute Gasteiger partial charge is 0.274 e. The summed E-state index contributed by atoms with van der Waals surface area (Å²) in [4.78, 5) is 21.6. The van der Waals surface area contributed by atoms with Gasteiger partial charge in [-0.05, 0) is 54.9 Å². The number of rotatable bonds is 6. The van der Waals surface area contributed by atoms with Gasteiger partial charge in [-0.25, -0.2) is 13.8 Å². The van der Waals surface area contributed by atoms with E-state index in [2.05, 4.69) is 22.2 Å². The Morgan fingerprint density at radius 1 is 1.11 bits per heavy atom. The zero-order valence-electron chi connectivity index (χ0n) is 21.3. The fourth-order valence-electron chi connectivity index (χ4n) is 5.51. The SMILES string of the molecule is C[C@@H]1C[C@@H](N)C[C@H](c2ccncc2NC(=O)c2cccc(-c3c(F)cc(OC4CCOCC4)cc3F)n2)C1. The van der Waals surface area contributed by atoms with Crippen molar-refractivity contribution in [1.82, 2.24) is 9.97 Å². The molecule has 3 heterocycles. The number of pyridine rings is 2. The Hall–Kier alpha value is -3.43. The highest BCUT2D eigenvalue weighted by Crippen LogP contribution is 2.38. The Morgan fingerprint density at radius 2 is 1.87 bits per heavy atom. The van der Waals surface area contributed by atoms with Crippen LogP contribution in [0.4, 0.5) is 14.5 Å². The minimum atomic E-state index is -0.811. The molecule has 2 fully saturated rings. The maximum Gasteiger partial charge on any atom is 0.274 e. The topological polar surface area (TPSA) is 99.4 Å². The van der Waals surface area contributed by atoms with Crippen molar-refractivity contribution in [2.45, 2.75) is 57.1 Å². The molecular formula is C29H32F2N4O3. The lowest BCUT2D eigenvalue weighted by molar-refractivity contribution is 0.0253. The van der Waals surface area contributed by atoms with Crippen molar-refractivity contribution in [1.29, 1.82) is 0 Å². The van der Waals surface area contributed by atoms with Crippen molar-refractivity contribution in [3.8, 4) is 17.0 Å². The number of anilines is 1. The van der Waals surface area contributed by atoms with Crippen LogP contribution in [0, 0.1) is 17.6 Å². The highest BCUT2D eigenvalue weighted by molar-refractivity contribution is 6.03. The molecule has 38 heavy (non-hydrogen) atoms. The Morgan fingerprint density at radius 3 is 2.61 bits per heavy atom. The van der Waals surface area contributed by atoms with Crippen molar-refractivity contribution in [3.05, 3.63) is 71.7 Å². The van der Waals surface area contributed by atoms with Gasteiger partial charge in [0, 0.05) is 37.2 Å². The van der Waals surface area contributed by atoms with Gasteiger partial charge in [-0.3, -0.25) is 9.78 Å². The number of aromatic nitrogens is 2. The molecule has 3 N–H and O–H groups in total. The Bertz CT molecular complexity index is 1270. The quantitative estimate of drug-likeness (QED) is 0.446. The molecule has 3 atom stereocenters. The summed E-state index contributed by atoms with van der Waals surface area (Å²) in [5, 5.41) is 2.89. The molecule has 5 rings (SSSR count). The first-order valence-corrected chi connectivity index (χ1v) is 13.1. The van der Waals surface area contributed by atoms with E-state index in [-0.39, 0.29) is 40.8 Å². The Kier molecular flexibility index (Phi) is 7.95. The van der Waals surface area contributed by atoms with Crippen LogP contribution >= 0.6 is 0 Å². The van der Waals surface area contributed by atoms with Crippen LogP contribution in [0.2, 0.25) is 0 Å². The van der Waals surface area contributed by atoms with Crippen molar-refractivity contribution in [3.63, 3.8) is 0 Å². The van der Waals surface area contributed by atoms with Gasteiger partial charge in [-0.2, -0.15) is 0 Å². The van der Waals surface area contributed by atoms with Gasteiger partial charge in [-0.1, -0.05) is 13.0 Å². The van der Waals surface area contributed by atoms with Crippen molar-refractivity contribution < 1.29 is 23.0 Å². The summed E-state index contributed by atoms with van der Waals surface area (Å²) >= 11 is 0. The number of carbonyl (C=O) groups excluding carboxylic acids is 1. The van der Waals surface area contributed by atoms with Crippen LogP contribution in [-0.2, 0) is 4.74 Å². The molecule has 2 aromatic heterocycles. The lowest BCUT2D eigenvalue weighted by Crippen LogP contribution is -2.31. The van der Waals surface area contributed by atoms with E-state index in [9.17, 15) is 4.79 Å². The standard InChI is InChI=1S/C29H32F2N4O3/c1-17-11-18(13-19(32)12-17)22-5-8-33-16-27(22)35-29(36)26-4-2-3-25(34-26)28-23(30)14-21(15-24(28)31)38-20-6-9-37-10-7-20/h2-5,8,14-20H,6-7,9-13,32H2,1H3,(H,35,36)/t17-,18+,19+/m0/s1. The lowest BCUT2D eigenvalue weighted by Gasteiger charge is -2.32. The molecule has 0 unspecified atom stereocenters. The van der Waals surface area contributed by atoms with Crippen molar-refractivity contribution in [2.75, 3.05) is 18.5 Å². The van der Waals surface area contributed by atoms with E-state index < -0.39 is 17.5 Å². The van der Waals surface area contributed by atoms with Crippen LogP contribution < -0.4 is 15.8 Å². The predicted octanol–water partition coefficient (Wildman–Crippen LogP) is 5.46. The normalized spacial score (nSPS) is 22.2. The summed E-state index contributed by atoms with van der Waals surface area (Å²) < 4.78 is 41.1. The average molecular weight is 523 g/mol. The van der Waals surface area contributed by atoms with Gasteiger partial charge < -0.3 is 20.5 Å². The molecule has 3 aromatic rings. The fourth-order valence-corrected chi connectivity index (χ4v) is 5.51. The first kappa shape index (κ1) is 26.2. The molecule has 0 radical (unpaired) electrons. The highest BCUT2D eigenvalue weighted by Gasteiger charge is 2.28. The van der Waals surface area contributed by atoms with Crippen LogP contribution in [0.3, 0.4) is 0 Å². The molecule has 1 aliphatic heterocycles. The largest absolute Gasteiger partial charge is 0.490 e. The summed E-state index contributed by atoms with van der Waals surface area (Å²) in [5.41, 5.74) is 7.56. The third kappa shape index (κ3) is 6.00. The fraction of sp³-hybridized carbons (Fsp3) is 0.414. The summed E-state index contributed by atoms with van der Waals surface area (Å²) in [6.45, 7) is 3.30. The summed E-state index contributed by atoms with van der Waals surface area (Å²) in [6, 6.07) is 8.85. The maximum atomic E-state index is 15.0. The minimum Gasteiger partial charge on any atom is -0.490 e. The van der Waals surface area contributed by atoms with Gasteiger partial charge in [0.2, 0.25) is 0 Å². The van der Waals surface area contributed by atoms with Crippen LogP contribution in [0.5, 0.6) is 5.75 Å². The molecule has 1 aliphatic carbocycles. The van der Waals surface area contributed by atoms with Crippen LogP contribution in [-0.4, -0.2) is 41.2 Å². The van der Waals surface area contributed by atoms with Gasteiger partial charge in [0.25, 0.3) is 5.91 Å². The number of nitrogens with zero attached hydrogens (tertiary/aromatic N) is 2. The molecule has 1 aromatic carbocycles. The van der Waals surface area contributed by atoms with Crippen LogP contribution in [0.1, 0.15) is 61.0 Å². The molecule has 1 saturated heterocycles. The van der Waals surface area contributed by atoms with Gasteiger partial charge in [0.15, 0.2) is 0 Å². The lowest BCUT2D eigenvalue weighted by atomic mass is 9.76. The van der Waals surface area contributed by atoms with Gasteiger partial charge in [0.1, 0.15) is 29.2 Å². The van der Waals surface area contributed by atoms with Crippen LogP contribution in [0.25, 0.3) is 11.3 Å². The van der Waals surface area contributed by atoms with Crippen LogP contribution in [0.15, 0.2) is 48.8 Å². The predicted molar refractivity (Wildman–Crippen MR) is 140 cm³/mol. The third-order valence-electron chi connectivity index (χ3n) is 7.25. The van der Waals surface area contributed by atoms with Crippen molar-refractivity contribution >= 4 is 11.6 Å². The zero-order chi connectivity index (χ0) is 26.6. The number of benzene rings is 1. The molecule has 9 heteroatoms. The van der Waals surface area contributed by atoms with E-state index in [1.165, 1.54) is 12.1 Å². The number of ether oxygens (including phenoxy) is 2. The van der Waals surface area contributed by atoms with Gasteiger partial charge in [0.05, 0.1) is 36.4 Å². The first-order chi connectivity index (χ1) is 18.4. The molecule has 1 saturated carbocycles. The van der Waals surface area contributed by atoms with E-state index in [0.29, 0.717) is 37.7 Å². The highest BCUT2D eigenvalue weighted by atomic mass is 19.1. The maximum absolute atomic E-state index is 15.0. The summed E-state index contributed by atoms with van der Waals surface area (Å²) in [5.74, 6) is -1.31.